The highest BCUT2D eigenvalue weighted by molar-refractivity contribution is 7.99. The van der Waals surface area contributed by atoms with Gasteiger partial charge in [-0.1, -0.05) is 23.9 Å². The maximum Gasteiger partial charge on any atom is 0.209 e. The Labute approximate surface area is 116 Å². The molecule has 0 radical (unpaired) electrons. The van der Waals surface area contributed by atoms with Crippen molar-refractivity contribution in [2.24, 2.45) is 7.05 Å². The first-order valence-electron chi connectivity index (χ1n) is 6.10. The van der Waals surface area contributed by atoms with E-state index in [1.807, 2.05) is 25.2 Å². The molecule has 0 atom stereocenters. The molecular formula is C12H18N5OS+. The van der Waals surface area contributed by atoms with Crippen molar-refractivity contribution in [3.63, 3.8) is 0 Å². The first kappa shape index (κ1) is 13.8. The standard InChI is InChI=1S/C12H17N5OS/c1-17-12(14-15-16-17)19-8-7-13-9-10-5-3-4-6-11(10)18-2/h3-6,13H,7-9H2,1-2H3/p+1. The van der Waals surface area contributed by atoms with E-state index in [1.54, 1.807) is 23.6 Å². The highest BCUT2D eigenvalue weighted by atomic mass is 32.2. The molecule has 2 N–H and O–H groups in total. The predicted molar refractivity (Wildman–Crippen MR) is 73.0 cm³/mol. The molecule has 6 nitrogen and oxygen atoms in total. The Hall–Kier alpha value is -1.60. The molecule has 0 fully saturated rings. The average molecular weight is 280 g/mol. The van der Waals surface area contributed by atoms with E-state index in [0.717, 1.165) is 29.7 Å². The summed E-state index contributed by atoms with van der Waals surface area (Å²) in [5.41, 5.74) is 1.22. The second kappa shape index (κ2) is 7.10. The van der Waals surface area contributed by atoms with Crippen LogP contribution >= 0.6 is 11.8 Å². The lowest BCUT2D eigenvalue weighted by atomic mass is 10.2. The number of thioether (sulfide) groups is 1. The van der Waals surface area contributed by atoms with Crippen LogP contribution < -0.4 is 10.1 Å². The van der Waals surface area contributed by atoms with Crippen LogP contribution in [-0.4, -0.2) is 39.6 Å². The number of nitrogens with two attached hydrogens (primary N) is 1. The Morgan fingerprint density at radius 2 is 2.21 bits per heavy atom. The van der Waals surface area contributed by atoms with Gasteiger partial charge >= 0.3 is 0 Å². The molecule has 0 aliphatic heterocycles. The van der Waals surface area contributed by atoms with Crippen LogP contribution in [0.1, 0.15) is 5.56 Å². The number of aromatic nitrogens is 4. The zero-order valence-corrected chi connectivity index (χ0v) is 11.9. The number of hydrogen-bond acceptors (Lipinski definition) is 5. The minimum absolute atomic E-state index is 0.852. The third kappa shape index (κ3) is 3.93. The van der Waals surface area contributed by atoms with E-state index >= 15 is 0 Å². The van der Waals surface area contributed by atoms with E-state index in [4.69, 9.17) is 4.74 Å². The number of tetrazole rings is 1. The van der Waals surface area contributed by atoms with Crippen LogP contribution in [0.15, 0.2) is 29.4 Å². The molecule has 2 rings (SSSR count). The van der Waals surface area contributed by atoms with E-state index in [-0.39, 0.29) is 0 Å². The fourth-order valence-electron chi connectivity index (χ4n) is 1.71. The second-order valence-corrected chi connectivity index (χ2v) is 5.09. The van der Waals surface area contributed by atoms with Crippen LogP contribution in [0, 0.1) is 0 Å². The van der Waals surface area contributed by atoms with E-state index in [1.165, 1.54) is 5.56 Å². The number of methoxy groups -OCH3 is 1. The zero-order chi connectivity index (χ0) is 13.5. The molecule has 0 bridgehead atoms. The van der Waals surface area contributed by atoms with Gasteiger partial charge in [0.25, 0.3) is 0 Å². The van der Waals surface area contributed by atoms with Gasteiger partial charge in [0.1, 0.15) is 12.3 Å². The number of nitrogens with zero attached hydrogens (tertiary/aromatic N) is 4. The van der Waals surface area contributed by atoms with Gasteiger partial charge in [0.05, 0.1) is 19.4 Å². The number of aryl methyl sites for hydroxylation is 1. The molecule has 7 heteroatoms. The van der Waals surface area contributed by atoms with Crippen LogP contribution in [-0.2, 0) is 13.6 Å². The monoisotopic (exact) mass is 280 g/mol. The van der Waals surface area contributed by atoms with Crippen molar-refractivity contribution in [2.75, 3.05) is 19.4 Å². The van der Waals surface area contributed by atoms with Gasteiger partial charge in [-0.25, -0.2) is 4.68 Å². The van der Waals surface area contributed by atoms with Gasteiger partial charge in [0, 0.05) is 12.6 Å². The molecule has 0 unspecified atom stereocenters. The Bertz CT molecular complexity index is 516. The first-order chi connectivity index (χ1) is 9.31. The average Bonchev–Trinajstić information content (AvgIpc) is 2.84. The topological polar surface area (TPSA) is 69.4 Å². The summed E-state index contributed by atoms with van der Waals surface area (Å²) in [6, 6.07) is 8.10. The van der Waals surface area contributed by atoms with Crippen LogP contribution in [0.3, 0.4) is 0 Å². The third-order valence-corrected chi connectivity index (χ3v) is 3.74. The molecule has 0 spiro atoms. The lowest BCUT2D eigenvalue weighted by Crippen LogP contribution is -2.83. The normalized spacial score (nSPS) is 10.6. The lowest BCUT2D eigenvalue weighted by Gasteiger charge is -2.06. The summed E-state index contributed by atoms with van der Waals surface area (Å²) in [6.07, 6.45) is 0. The van der Waals surface area contributed by atoms with Crippen molar-refractivity contribution in [2.45, 2.75) is 11.7 Å². The number of para-hydroxylation sites is 1. The van der Waals surface area contributed by atoms with Gasteiger partial charge in [-0.2, -0.15) is 0 Å². The minimum Gasteiger partial charge on any atom is -0.496 e. The van der Waals surface area contributed by atoms with E-state index in [0.29, 0.717) is 0 Å². The summed E-state index contributed by atoms with van der Waals surface area (Å²) in [5.74, 6) is 1.92. The summed E-state index contributed by atoms with van der Waals surface area (Å²) in [4.78, 5) is 0. The van der Waals surface area contributed by atoms with Crippen molar-refractivity contribution in [3.8, 4) is 5.75 Å². The molecule has 0 aliphatic carbocycles. The summed E-state index contributed by atoms with van der Waals surface area (Å²) in [7, 11) is 3.55. The summed E-state index contributed by atoms with van der Waals surface area (Å²) in [5, 5.41) is 14.4. The summed E-state index contributed by atoms with van der Waals surface area (Å²) < 4.78 is 7.01. The van der Waals surface area contributed by atoms with Gasteiger partial charge in [0.15, 0.2) is 0 Å². The third-order valence-electron chi connectivity index (χ3n) is 2.69. The SMILES string of the molecule is COc1ccccc1C[NH2+]CCSc1nnnn1C. The van der Waals surface area contributed by atoms with Gasteiger partial charge in [0.2, 0.25) is 5.16 Å². The minimum atomic E-state index is 0.852. The molecule has 102 valence electrons. The van der Waals surface area contributed by atoms with Crippen LogP contribution in [0.25, 0.3) is 0 Å². The Morgan fingerprint density at radius 3 is 2.95 bits per heavy atom. The van der Waals surface area contributed by atoms with E-state index < -0.39 is 0 Å². The van der Waals surface area contributed by atoms with Crippen molar-refractivity contribution in [1.82, 2.24) is 20.2 Å². The Kier molecular flexibility index (Phi) is 5.17. The number of rotatable bonds is 7. The number of ether oxygens (including phenoxy) is 1. The largest absolute Gasteiger partial charge is 0.496 e. The van der Waals surface area contributed by atoms with Crippen molar-refractivity contribution < 1.29 is 10.1 Å². The molecule has 0 saturated carbocycles. The molecule has 1 aromatic carbocycles. The van der Waals surface area contributed by atoms with Crippen LogP contribution in [0.5, 0.6) is 5.75 Å². The molecule has 2 aromatic rings. The molecular weight excluding hydrogens is 262 g/mol. The van der Waals surface area contributed by atoms with Gasteiger partial charge in [-0.3, -0.25) is 0 Å². The molecule has 0 amide bonds. The summed E-state index contributed by atoms with van der Waals surface area (Å²) >= 11 is 1.66. The molecule has 1 aromatic heterocycles. The highest BCUT2D eigenvalue weighted by Crippen LogP contribution is 2.15. The fourth-order valence-corrected chi connectivity index (χ4v) is 2.49. The second-order valence-electron chi connectivity index (χ2n) is 4.03. The number of benzene rings is 1. The highest BCUT2D eigenvalue weighted by Gasteiger charge is 2.05. The van der Waals surface area contributed by atoms with Crippen LogP contribution in [0.4, 0.5) is 0 Å². The van der Waals surface area contributed by atoms with Crippen molar-refractivity contribution in [3.05, 3.63) is 29.8 Å². The maximum absolute atomic E-state index is 5.32. The van der Waals surface area contributed by atoms with E-state index in [2.05, 4.69) is 26.9 Å². The molecule has 1 heterocycles. The fraction of sp³-hybridized carbons (Fsp3) is 0.417. The predicted octanol–water partition coefficient (Wildman–Crippen LogP) is 0.0744. The van der Waals surface area contributed by atoms with Gasteiger partial charge < -0.3 is 10.1 Å². The number of hydrogen-bond donors (Lipinski definition) is 1. The summed E-state index contributed by atoms with van der Waals surface area (Å²) in [6.45, 7) is 1.93. The Balaban J connectivity index is 1.71. The van der Waals surface area contributed by atoms with Gasteiger partial charge in [-0.15, -0.1) is 5.10 Å². The van der Waals surface area contributed by atoms with Crippen molar-refractivity contribution >= 4 is 11.8 Å². The van der Waals surface area contributed by atoms with E-state index in [9.17, 15) is 0 Å². The van der Waals surface area contributed by atoms with Crippen LogP contribution in [0.2, 0.25) is 0 Å². The van der Waals surface area contributed by atoms with Gasteiger partial charge in [-0.05, 0) is 22.6 Å². The quantitative estimate of drug-likeness (QED) is 0.574. The number of quaternary nitrogens is 1. The lowest BCUT2D eigenvalue weighted by molar-refractivity contribution is -0.666. The maximum atomic E-state index is 5.32. The first-order valence-corrected chi connectivity index (χ1v) is 7.08. The zero-order valence-electron chi connectivity index (χ0n) is 11.1. The Morgan fingerprint density at radius 1 is 1.37 bits per heavy atom. The molecule has 19 heavy (non-hydrogen) atoms. The molecule has 0 saturated heterocycles. The molecule has 0 aliphatic rings. The smallest absolute Gasteiger partial charge is 0.209 e. The van der Waals surface area contributed by atoms with Crippen molar-refractivity contribution in [1.29, 1.82) is 0 Å².